The first-order valence-corrected chi connectivity index (χ1v) is 9.93. The Morgan fingerprint density at radius 1 is 0.750 bits per heavy atom. The van der Waals surface area contributed by atoms with Crippen molar-refractivity contribution in [3.63, 3.8) is 0 Å². The van der Waals surface area contributed by atoms with E-state index in [1.54, 1.807) is 23.9 Å². The Balaban J connectivity index is 1.53. The first kappa shape index (κ1) is 15.2. The van der Waals surface area contributed by atoms with Crippen LogP contribution >= 0.6 is 19.4 Å². The van der Waals surface area contributed by atoms with Gasteiger partial charge in [0.25, 0.3) is 0 Å². The van der Waals surface area contributed by atoms with Gasteiger partial charge in [-0.2, -0.15) is 0 Å². The number of hydrogen-bond donors (Lipinski definition) is 2. The Kier molecular flexibility index (Phi) is 3.97. The number of anilines is 2. The van der Waals surface area contributed by atoms with Gasteiger partial charge in [0.2, 0.25) is 0 Å². The summed E-state index contributed by atoms with van der Waals surface area (Å²) in [5.74, 6) is 0.563. The summed E-state index contributed by atoms with van der Waals surface area (Å²) in [6, 6.07) is 25.2. The highest BCUT2D eigenvalue weighted by Gasteiger charge is 2.33. The van der Waals surface area contributed by atoms with E-state index in [0.29, 0.717) is 5.75 Å². The predicted molar refractivity (Wildman–Crippen MR) is 98.9 cm³/mol. The van der Waals surface area contributed by atoms with Crippen molar-refractivity contribution in [3.05, 3.63) is 78.9 Å². The lowest BCUT2D eigenvalue weighted by Crippen LogP contribution is -2.03. The topological polar surface area (TPSA) is 50.4 Å². The summed E-state index contributed by atoms with van der Waals surface area (Å²) in [6.07, 6.45) is 0. The number of nitrogens with one attached hydrogen (secondary N) is 2. The molecule has 0 amide bonds. The van der Waals surface area contributed by atoms with Crippen LogP contribution in [0, 0.1) is 0 Å². The molecule has 1 atom stereocenters. The van der Waals surface area contributed by atoms with Gasteiger partial charge in [-0.3, -0.25) is 10.2 Å². The first-order valence-electron chi connectivity index (χ1n) is 7.48. The number of rotatable bonds is 4. The summed E-state index contributed by atoms with van der Waals surface area (Å²) < 4.78 is 18.5. The third-order valence-corrected chi connectivity index (χ3v) is 6.02. The monoisotopic (exact) mass is 354 g/mol. The van der Waals surface area contributed by atoms with Crippen LogP contribution < -0.4 is 14.7 Å². The SMILES string of the molecule is O=P1(Oc2ccccc2)Nc2ccc(Sc3ccccc3)cc2N1. The summed E-state index contributed by atoms with van der Waals surface area (Å²) in [4.78, 5) is 2.23. The second-order valence-electron chi connectivity index (χ2n) is 5.30. The quantitative estimate of drug-likeness (QED) is 0.575. The molecule has 0 fully saturated rings. The van der Waals surface area contributed by atoms with Gasteiger partial charge in [-0.15, -0.1) is 0 Å². The van der Waals surface area contributed by atoms with E-state index in [4.69, 9.17) is 4.52 Å². The van der Waals surface area contributed by atoms with E-state index in [1.165, 1.54) is 0 Å². The molecular formula is C18H15N2O2PS. The van der Waals surface area contributed by atoms with E-state index in [2.05, 4.69) is 22.3 Å². The van der Waals surface area contributed by atoms with Crippen LogP contribution in [0.2, 0.25) is 0 Å². The van der Waals surface area contributed by atoms with Gasteiger partial charge in [0.05, 0.1) is 11.4 Å². The van der Waals surface area contributed by atoms with Gasteiger partial charge in [0.1, 0.15) is 5.75 Å². The van der Waals surface area contributed by atoms with E-state index in [1.807, 2.05) is 54.6 Å². The van der Waals surface area contributed by atoms with Gasteiger partial charge in [0.15, 0.2) is 0 Å². The van der Waals surface area contributed by atoms with E-state index < -0.39 is 7.67 Å². The van der Waals surface area contributed by atoms with Crippen LogP contribution in [0.25, 0.3) is 0 Å². The molecule has 0 spiro atoms. The van der Waals surface area contributed by atoms with Crippen molar-refractivity contribution < 1.29 is 9.09 Å². The van der Waals surface area contributed by atoms with Gasteiger partial charge in [0, 0.05) is 9.79 Å². The molecule has 3 aromatic carbocycles. The molecule has 0 aromatic heterocycles. The molecule has 1 aliphatic heterocycles. The summed E-state index contributed by atoms with van der Waals surface area (Å²) >= 11 is 1.66. The number of para-hydroxylation sites is 1. The maximum atomic E-state index is 12.9. The summed E-state index contributed by atoms with van der Waals surface area (Å²) in [7, 11) is -3.19. The molecule has 0 radical (unpaired) electrons. The number of hydrogen-bond acceptors (Lipinski definition) is 3. The van der Waals surface area contributed by atoms with Crippen LogP contribution in [-0.4, -0.2) is 0 Å². The number of fused-ring (bicyclic) bond motifs is 1. The zero-order valence-electron chi connectivity index (χ0n) is 12.7. The predicted octanol–water partition coefficient (Wildman–Crippen LogP) is 5.86. The maximum Gasteiger partial charge on any atom is 0.444 e. The molecule has 1 heterocycles. The third kappa shape index (κ3) is 3.28. The summed E-state index contributed by atoms with van der Waals surface area (Å²) in [6.45, 7) is 0. The minimum Gasteiger partial charge on any atom is -0.414 e. The van der Waals surface area contributed by atoms with Crippen LogP contribution in [0.15, 0.2) is 88.7 Å². The minimum atomic E-state index is -3.19. The minimum absolute atomic E-state index is 0.563. The van der Waals surface area contributed by atoms with Crippen LogP contribution in [0.3, 0.4) is 0 Å². The molecule has 24 heavy (non-hydrogen) atoms. The van der Waals surface area contributed by atoms with E-state index in [9.17, 15) is 4.57 Å². The van der Waals surface area contributed by atoms with E-state index >= 15 is 0 Å². The molecular weight excluding hydrogens is 339 g/mol. The molecule has 4 rings (SSSR count). The maximum absolute atomic E-state index is 12.9. The smallest absolute Gasteiger partial charge is 0.414 e. The lowest BCUT2D eigenvalue weighted by Gasteiger charge is -2.14. The number of benzene rings is 3. The van der Waals surface area contributed by atoms with Crippen molar-refractivity contribution in [3.8, 4) is 5.75 Å². The van der Waals surface area contributed by atoms with Crippen molar-refractivity contribution >= 4 is 30.8 Å². The zero-order valence-corrected chi connectivity index (χ0v) is 14.4. The average molecular weight is 354 g/mol. The normalized spacial score (nSPS) is 18.3. The Morgan fingerprint density at radius 2 is 1.42 bits per heavy atom. The molecule has 1 unspecified atom stereocenters. The molecule has 6 heteroatoms. The highest BCUT2D eigenvalue weighted by atomic mass is 32.2. The molecule has 4 nitrogen and oxygen atoms in total. The fourth-order valence-electron chi connectivity index (χ4n) is 2.42. The third-order valence-electron chi connectivity index (χ3n) is 3.48. The molecule has 3 aromatic rings. The molecule has 0 aliphatic carbocycles. The molecule has 1 aliphatic rings. The Hall–Kier alpha value is -2.36. The van der Waals surface area contributed by atoms with Crippen LogP contribution in [0.1, 0.15) is 0 Å². The lowest BCUT2D eigenvalue weighted by atomic mass is 10.3. The molecule has 0 saturated carbocycles. The second-order valence-corrected chi connectivity index (χ2v) is 8.18. The van der Waals surface area contributed by atoms with Gasteiger partial charge < -0.3 is 4.52 Å². The summed E-state index contributed by atoms with van der Waals surface area (Å²) in [5.41, 5.74) is 1.57. The van der Waals surface area contributed by atoms with Crippen molar-refractivity contribution in [2.45, 2.75) is 9.79 Å². The van der Waals surface area contributed by atoms with Gasteiger partial charge >= 0.3 is 7.67 Å². The molecule has 2 N–H and O–H groups in total. The van der Waals surface area contributed by atoms with Gasteiger partial charge in [-0.25, -0.2) is 4.57 Å². The summed E-state index contributed by atoms with van der Waals surface area (Å²) in [5, 5.41) is 5.96. The Morgan fingerprint density at radius 3 is 2.17 bits per heavy atom. The first-order chi connectivity index (χ1) is 11.7. The standard InChI is InChI=1S/C18H15N2O2PS/c21-23(22-14-7-3-1-4-8-14)19-17-12-11-16(13-18(17)20-23)24-15-9-5-2-6-10-15/h1-13H,(H2,19,20,21). The van der Waals surface area contributed by atoms with Crippen LogP contribution in [0.5, 0.6) is 5.75 Å². The van der Waals surface area contributed by atoms with E-state index in [-0.39, 0.29) is 0 Å². The van der Waals surface area contributed by atoms with Crippen molar-refractivity contribution in [2.24, 2.45) is 0 Å². The molecule has 120 valence electrons. The van der Waals surface area contributed by atoms with Crippen molar-refractivity contribution in [2.75, 3.05) is 10.2 Å². The Labute approximate surface area is 144 Å². The molecule has 0 saturated heterocycles. The van der Waals surface area contributed by atoms with E-state index in [0.717, 1.165) is 21.2 Å². The lowest BCUT2D eigenvalue weighted by molar-refractivity contribution is 0.494. The molecule has 0 bridgehead atoms. The fraction of sp³-hybridized carbons (Fsp3) is 0. The fourth-order valence-corrected chi connectivity index (χ4v) is 4.88. The zero-order chi connectivity index (χ0) is 16.4. The van der Waals surface area contributed by atoms with Gasteiger partial charge in [-0.05, 0) is 42.5 Å². The van der Waals surface area contributed by atoms with Crippen LogP contribution in [0.4, 0.5) is 11.4 Å². The highest BCUT2D eigenvalue weighted by molar-refractivity contribution is 7.99. The Bertz CT molecular complexity index is 903. The second kappa shape index (κ2) is 6.27. The largest absolute Gasteiger partial charge is 0.444 e. The average Bonchev–Trinajstić information content (AvgIpc) is 2.91. The van der Waals surface area contributed by atoms with Crippen LogP contribution in [-0.2, 0) is 4.57 Å². The highest BCUT2D eigenvalue weighted by Crippen LogP contribution is 2.55. The van der Waals surface area contributed by atoms with Crippen molar-refractivity contribution in [1.29, 1.82) is 0 Å². The van der Waals surface area contributed by atoms with Crippen molar-refractivity contribution in [1.82, 2.24) is 0 Å². The van der Waals surface area contributed by atoms with Gasteiger partial charge in [-0.1, -0.05) is 48.2 Å².